The Labute approximate surface area is 119 Å². The zero-order valence-electron chi connectivity index (χ0n) is 11.2. The van der Waals surface area contributed by atoms with E-state index in [2.05, 4.69) is 10.3 Å². The van der Waals surface area contributed by atoms with E-state index in [1.165, 1.54) is 12.1 Å². The lowest BCUT2D eigenvalue weighted by Crippen LogP contribution is -2.15. The molecule has 1 amide bonds. The number of nitrogens with zero attached hydrogens (tertiary/aromatic N) is 1. The van der Waals surface area contributed by atoms with Gasteiger partial charge >= 0.3 is 6.18 Å². The van der Waals surface area contributed by atoms with Crippen LogP contribution in [-0.2, 0) is 17.4 Å². The Morgan fingerprint density at radius 1 is 1.19 bits per heavy atom. The third-order valence-corrected chi connectivity index (χ3v) is 2.94. The van der Waals surface area contributed by atoms with Gasteiger partial charge in [-0.1, -0.05) is 12.1 Å². The highest BCUT2D eigenvalue weighted by Crippen LogP contribution is 2.29. The minimum Gasteiger partial charge on any atom is -0.325 e. The van der Waals surface area contributed by atoms with Crippen molar-refractivity contribution in [2.45, 2.75) is 19.5 Å². The Balaban J connectivity index is 2.02. The van der Waals surface area contributed by atoms with Crippen molar-refractivity contribution in [1.82, 2.24) is 4.98 Å². The summed E-state index contributed by atoms with van der Waals surface area (Å²) >= 11 is 0. The molecule has 1 heterocycles. The van der Waals surface area contributed by atoms with Gasteiger partial charge in [0.15, 0.2) is 0 Å². The van der Waals surface area contributed by atoms with Crippen LogP contribution in [0.1, 0.15) is 16.7 Å². The summed E-state index contributed by atoms with van der Waals surface area (Å²) in [7, 11) is 0. The molecular weight excluding hydrogens is 281 g/mol. The van der Waals surface area contributed by atoms with Crippen molar-refractivity contribution < 1.29 is 18.0 Å². The van der Waals surface area contributed by atoms with Crippen LogP contribution in [0.25, 0.3) is 0 Å². The number of hydrogen-bond donors (Lipinski definition) is 1. The largest absolute Gasteiger partial charge is 0.416 e. The zero-order chi connectivity index (χ0) is 15.5. The van der Waals surface area contributed by atoms with E-state index in [1.807, 2.05) is 0 Å². The number of anilines is 1. The summed E-state index contributed by atoms with van der Waals surface area (Å²) in [6.07, 6.45) is -1.18. The number of benzene rings is 1. The fraction of sp³-hybridized carbons (Fsp3) is 0.200. The molecule has 0 aliphatic carbocycles. The summed E-state index contributed by atoms with van der Waals surface area (Å²) in [6, 6.07) is 6.23. The van der Waals surface area contributed by atoms with E-state index >= 15 is 0 Å². The molecule has 2 rings (SSSR count). The number of aromatic nitrogens is 1. The average molecular weight is 294 g/mol. The number of amides is 1. The molecule has 0 atom stereocenters. The summed E-state index contributed by atoms with van der Waals surface area (Å²) in [5.74, 6) is -0.288. The van der Waals surface area contributed by atoms with Crippen molar-refractivity contribution in [1.29, 1.82) is 0 Å². The van der Waals surface area contributed by atoms with Crippen LogP contribution >= 0.6 is 0 Å². The Bertz CT molecular complexity index is 636. The number of carbonyl (C=O) groups is 1. The minimum atomic E-state index is -4.37. The van der Waals surface area contributed by atoms with Crippen LogP contribution in [0.4, 0.5) is 18.9 Å². The van der Waals surface area contributed by atoms with E-state index in [4.69, 9.17) is 0 Å². The van der Waals surface area contributed by atoms with E-state index < -0.39 is 11.7 Å². The van der Waals surface area contributed by atoms with E-state index in [-0.39, 0.29) is 12.3 Å². The number of alkyl halides is 3. The van der Waals surface area contributed by atoms with E-state index in [0.29, 0.717) is 11.3 Å². The van der Waals surface area contributed by atoms with E-state index in [1.54, 1.807) is 25.4 Å². The second-order valence-corrected chi connectivity index (χ2v) is 4.61. The van der Waals surface area contributed by atoms with Crippen LogP contribution in [0.15, 0.2) is 42.7 Å². The first-order valence-corrected chi connectivity index (χ1v) is 6.23. The van der Waals surface area contributed by atoms with Crippen molar-refractivity contribution in [3.63, 3.8) is 0 Å². The Morgan fingerprint density at radius 3 is 2.43 bits per heavy atom. The Kier molecular flexibility index (Phi) is 4.26. The highest BCUT2D eigenvalue weighted by atomic mass is 19.4. The maximum Gasteiger partial charge on any atom is 0.416 e. The van der Waals surface area contributed by atoms with Gasteiger partial charge in [-0.3, -0.25) is 9.78 Å². The van der Waals surface area contributed by atoms with Crippen molar-refractivity contribution in [3.05, 3.63) is 59.4 Å². The summed E-state index contributed by atoms with van der Waals surface area (Å²) in [5, 5.41) is 2.70. The predicted molar refractivity (Wildman–Crippen MR) is 72.8 cm³/mol. The topological polar surface area (TPSA) is 42.0 Å². The van der Waals surface area contributed by atoms with Crippen molar-refractivity contribution in [2.24, 2.45) is 0 Å². The summed E-state index contributed by atoms with van der Waals surface area (Å²) < 4.78 is 37.3. The molecule has 1 aromatic carbocycles. The number of aryl methyl sites for hydroxylation is 1. The Morgan fingerprint density at radius 2 is 1.86 bits per heavy atom. The molecule has 110 valence electrons. The highest BCUT2D eigenvalue weighted by Gasteiger charge is 2.29. The van der Waals surface area contributed by atoms with Gasteiger partial charge in [-0.25, -0.2) is 0 Å². The molecule has 0 bridgehead atoms. The molecule has 0 radical (unpaired) electrons. The lowest BCUT2D eigenvalue weighted by molar-refractivity contribution is -0.137. The normalized spacial score (nSPS) is 11.2. The Hall–Kier alpha value is -2.37. The fourth-order valence-corrected chi connectivity index (χ4v) is 1.81. The molecule has 3 nitrogen and oxygen atoms in total. The van der Waals surface area contributed by atoms with Gasteiger partial charge in [0.2, 0.25) is 5.91 Å². The number of rotatable bonds is 3. The number of carbonyl (C=O) groups excluding carboxylic acids is 1. The van der Waals surface area contributed by atoms with E-state index in [9.17, 15) is 18.0 Å². The van der Waals surface area contributed by atoms with Gasteiger partial charge in [0, 0.05) is 18.1 Å². The molecule has 0 aliphatic rings. The molecule has 0 saturated heterocycles. The van der Waals surface area contributed by atoms with Gasteiger partial charge in [-0.2, -0.15) is 13.2 Å². The van der Waals surface area contributed by atoms with Crippen molar-refractivity contribution in [3.8, 4) is 0 Å². The summed E-state index contributed by atoms with van der Waals surface area (Å²) in [4.78, 5) is 15.8. The molecule has 0 unspecified atom stereocenters. The van der Waals surface area contributed by atoms with Crippen molar-refractivity contribution >= 4 is 11.6 Å². The number of nitrogens with one attached hydrogen (secondary N) is 1. The van der Waals surface area contributed by atoms with Crippen LogP contribution in [0.3, 0.4) is 0 Å². The van der Waals surface area contributed by atoms with Gasteiger partial charge in [-0.15, -0.1) is 0 Å². The smallest absolute Gasteiger partial charge is 0.325 e. The first kappa shape index (κ1) is 15.0. The number of halogens is 3. The maximum absolute atomic E-state index is 12.4. The molecule has 0 saturated carbocycles. The molecule has 0 spiro atoms. The lowest BCUT2D eigenvalue weighted by Gasteiger charge is -2.09. The third-order valence-electron chi connectivity index (χ3n) is 2.94. The molecule has 6 heteroatoms. The monoisotopic (exact) mass is 294 g/mol. The second kappa shape index (κ2) is 5.95. The van der Waals surface area contributed by atoms with Crippen molar-refractivity contribution in [2.75, 3.05) is 5.32 Å². The van der Waals surface area contributed by atoms with Crippen LogP contribution in [0.5, 0.6) is 0 Å². The van der Waals surface area contributed by atoms with Gasteiger partial charge in [0.1, 0.15) is 0 Å². The van der Waals surface area contributed by atoms with Crippen LogP contribution in [0, 0.1) is 6.92 Å². The lowest BCUT2D eigenvalue weighted by atomic mass is 10.1. The molecule has 1 N–H and O–H groups in total. The molecule has 2 aromatic rings. The molecular formula is C15H13F3N2O. The maximum atomic E-state index is 12.4. The summed E-state index contributed by atoms with van der Waals surface area (Å²) in [5.41, 5.74) is 1.25. The van der Waals surface area contributed by atoms with Gasteiger partial charge in [0.25, 0.3) is 0 Å². The first-order chi connectivity index (χ1) is 9.86. The summed E-state index contributed by atoms with van der Waals surface area (Å²) in [6.45, 7) is 1.81. The average Bonchev–Trinajstić information content (AvgIpc) is 2.41. The SMILES string of the molecule is Cc1cnccc1NC(=O)Cc1ccc(C(F)(F)F)cc1. The quantitative estimate of drug-likeness (QED) is 0.940. The first-order valence-electron chi connectivity index (χ1n) is 6.23. The van der Waals surface area contributed by atoms with Crippen LogP contribution in [0.2, 0.25) is 0 Å². The number of hydrogen-bond acceptors (Lipinski definition) is 2. The highest BCUT2D eigenvalue weighted by molar-refractivity contribution is 5.92. The molecule has 21 heavy (non-hydrogen) atoms. The fourth-order valence-electron chi connectivity index (χ4n) is 1.81. The second-order valence-electron chi connectivity index (χ2n) is 4.61. The van der Waals surface area contributed by atoms with Crippen LogP contribution in [-0.4, -0.2) is 10.9 Å². The predicted octanol–water partition coefficient (Wildman–Crippen LogP) is 3.59. The zero-order valence-corrected chi connectivity index (χ0v) is 11.2. The van der Waals surface area contributed by atoms with E-state index in [0.717, 1.165) is 17.7 Å². The molecule has 1 aromatic heterocycles. The molecule has 0 aliphatic heterocycles. The number of pyridine rings is 1. The van der Waals surface area contributed by atoms with Gasteiger partial charge in [-0.05, 0) is 36.2 Å². The van der Waals surface area contributed by atoms with Crippen LogP contribution < -0.4 is 5.32 Å². The van der Waals surface area contributed by atoms with Gasteiger partial charge < -0.3 is 5.32 Å². The van der Waals surface area contributed by atoms with Gasteiger partial charge in [0.05, 0.1) is 12.0 Å². The standard InChI is InChI=1S/C15H13F3N2O/c1-10-9-19-7-6-13(10)20-14(21)8-11-2-4-12(5-3-11)15(16,17)18/h2-7,9H,8H2,1H3,(H,19,20,21). The third kappa shape index (κ3) is 4.05. The minimum absolute atomic E-state index is 0.0138. The molecule has 0 fully saturated rings.